The van der Waals surface area contributed by atoms with Crippen LogP contribution in [0.15, 0.2) is 11.4 Å². The fraction of sp³-hybridized carbons (Fsp3) is 0.667. The molecule has 0 radical (unpaired) electrons. The number of nitrogens with zero attached hydrogens (tertiary/aromatic N) is 4. The number of imide groups is 1. The summed E-state index contributed by atoms with van der Waals surface area (Å²) in [5, 5.41) is 0.605. The topological polar surface area (TPSA) is 92.7 Å². The molecule has 0 bridgehead atoms. The molecule has 30 heavy (non-hydrogen) atoms. The SMILES string of the molecule is CSc1ncc2c(n1)N(C1CCCC1)C(=O)[C@]1(CCN(C(=O)OC(C)(C)C)C1=O)C2. The maximum Gasteiger partial charge on any atom is 0.417 e. The lowest BCUT2D eigenvalue weighted by molar-refractivity contribution is -0.144. The molecule has 8 nitrogen and oxygen atoms in total. The Bertz CT molecular complexity index is 893. The van der Waals surface area contributed by atoms with Gasteiger partial charge in [0.2, 0.25) is 11.8 Å². The van der Waals surface area contributed by atoms with E-state index >= 15 is 0 Å². The first-order chi connectivity index (χ1) is 14.2. The number of hydrogen-bond donors (Lipinski definition) is 0. The average molecular weight is 433 g/mol. The van der Waals surface area contributed by atoms with Crippen molar-refractivity contribution >= 4 is 35.5 Å². The molecule has 1 aromatic rings. The second kappa shape index (κ2) is 7.51. The molecule has 3 amide bonds. The van der Waals surface area contributed by atoms with Crippen molar-refractivity contribution in [3.8, 4) is 0 Å². The van der Waals surface area contributed by atoms with E-state index in [1.807, 2.05) is 6.26 Å². The number of anilines is 1. The van der Waals surface area contributed by atoms with Gasteiger partial charge in [0.15, 0.2) is 5.16 Å². The Kier molecular flexibility index (Phi) is 5.28. The van der Waals surface area contributed by atoms with Crippen molar-refractivity contribution in [1.82, 2.24) is 14.9 Å². The lowest BCUT2D eigenvalue weighted by Gasteiger charge is -2.41. The fourth-order valence-electron chi connectivity index (χ4n) is 4.67. The smallest absolute Gasteiger partial charge is 0.417 e. The van der Waals surface area contributed by atoms with Crippen molar-refractivity contribution < 1.29 is 19.1 Å². The summed E-state index contributed by atoms with van der Waals surface area (Å²) >= 11 is 1.42. The maximum absolute atomic E-state index is 13.8. The molecule has 162 valence electrons. The molecule has 1 saturated carbocycles. The Balaban J connectivity index is 1.72. The lowest BCUT2D eigenvalue weighted by atomic mass is 9.76. The van der Waals surface area contributed by atoms with Gasteiger partial charge < -0.3 is 4.74 Å². The summed E-state index contributed by atoms with van der Waals surface area (Å²) in [6, 6.07) is 0.0291. The molecule has 1 saturated heterocycles. The molecule has 3 aliphatic rings. The van der Waals surface area contributed by atoms with E-state index in [2.05, 4.69) is 9.97 Å². The first kappa shape index (κ1) is 21.1. The van der Waals surface area contributed by atoms with Gasteiger partial charge in [-0.15, -0.1) is 0 Å². The number of fused-ring (bicyclic) bond motifs is 1. The number of carbonyl (C=O) groups is 3. The molecule has 2 aliphatic heterocycles. The number of carbonyl (C=O) groups excluding carboxylic acids is 3. The normalized spacial score (nSPS) is 24.7. The zero-order valence-electron chi connectivity index (χ0n) is 17.9. The van der Waals surface area contributed by atoms with E-state index < -0.39 is 23.0 Å². The number of amides is 3. The number of rotatable bonds is 2. The monoisotopic (exact) mass is 432 g/mol. The molecule has 2 fully saturated rings. The van der Waals surface area contributed by atoms with Crippen LogP contribution in [0.3, 0.4) is 0 Å². The van der Waals surface area contributed by atoms with Crippen LogP contribution in [0, 0.1) is 5.41 Å². The second-order valence-corrected chi connectivity index (χ2v) is 10.0. The molecule has 0 N–H and O–H groups in total. The third-order valence-electron chi connectivity index (χ3n) is 6.07. The Labute approximate surface area is 180 Å². The minimum Gasteiger partial charge on any atom is -0.443 e. The Morgan fingerprint density at radius 2 is 1.93 bits per heavy atom. The van der Waals surface area contributed by atoms with E-state index in [1.165, 1.54) is 11.8 Å². The number of ether oxygens (including phenoxy) is 1. The van der Waals surface area contributed by atoms with Gasteiger partial charge in [-0.3, -0.25) is 14.5 Å². The number of aromatic nitrogens is 2. The second-order valence-electron chi connectivity index (χ2n) is 9.26. The summed E-state index contributed by atoms with van der Waals surface area (Å²) in [6.45, 7) is 5.44. The fourth-order valence-corrected chi connectivity index (χ4v) is 5.00. The minimum atomic E-state index is -1.28. The third-order valence-corrected chi connectivity index (χ3v) is 6.63. The standard InChI is InChI=1S/C21H28N4O4S/c1-20(2,3)29-19(28)24-10-9-21(16(24)26)11-13-12-22-18(30-4)23-15(13)25(17(21)27)14-7-5-6-8-14/h12,14H,5-11H2,1-4H3/t21-/m1/s1. The predicted molar refractivity (Wildman–Crippen MR) is 112 cm³/mol. The highest BCUT2D eigenvalue weighted by Crippen LogP contribution is 2.46. The van der Waals surface area contributed by atoms with Gasteiger partial charge in [-0.05, 0) is 46.3 Å². The zero-order valence-corrected chi connectivity index (χ0v) is 18.8. The van der Waals surface area contributed by atoms with Crippen LogP contribution < -0.4 is 4.90 Å². The van der Waals surface area contributed by atoms with E-state index in [9.17, 15) is 14.4 Å². The highest BCUT2D eigenvalue weighted by Gasteiger charge is 2.60. The number of likely N-dealkylation sites (tertiary alicyclic amines) is 1. The predicted octanol–water partition coefficient (Wildman–Crippen LogP) is 3.18. The van der Waals surface area contributed by atoms with Gasteiger partial charge in [0.05, 0.1) is 0 Å². The first-order valence-corrected chi connectivity index (χ1v) is 11.7. The van der Waals surface area contributed by atoms with Crippen molar-refractivity contribution in [3.63, 3.8) is 0 Å². The van der Waals surface area contributed by atoms with E-state index in [0.29, 0.717) is 11.0 Å². The van der Waals surface area contributed by atoms with Gasteiger partial charge in [-0.1, -0.05) is 24.6 Å². The van der Waals surface area contributed by atoms with Crippen LogP contribution in [0.2, 0.25) is 0 Å². The molecule has 1 aliphatic carbocycles. The van der Waals surface area contributed by atoms with E-state index in [1.54, 1.807) is 31.9 Å². The van der Waals surface area contributed by atoms with E-state index in [4.69, 9.17) is 4.74 Å². The van der Waals surface area contributed by atoms with Crippen molar-refractivity contribution in [2.24, 2.45) is 5.41 Å². The molecule has 4 rings (SSSR count). The Morgan fingerprint density at radius 1 is 1.23 bits per heavy atom. The van der Waals surface area contributed by atoms with Gasteiger partial charge in [-0.2, -0.15) is 0 Å². The minimum absolute atomic E-state index is 0.0291. The molecule has 3 heterocycles. The zero-order chi connectivity index (χ0) is 21.7. The van der Waals surface area contributed by atoms with E-state index in [-0.39, 0.29) is 31.3 Å². The summed E-state index contributed by atoms with van der Waals surface area (Å²) in [5.41, 5.74) is -1.20. The third kappa shape index (κ3) is 3.46. The van der Waals surface area contributed by atoms with Gasteiger partial charge >= 0.3 is 6.09 Å². The van der Waals surface area contributed by atoms with Crippen molar-refractivity contribution in [2.45, 2.75) is 76.1 Å². The van der Waals surface area contributed by atoms with Gasteiger partial charge in [0.25, 0.3) is 0 Å². The van der Waals surface area contributed by atoms with Gasteiger partial charge in [0, 0.05) is 30.8 Å². The quantitative estimate of drug-likeness (QED) is 0.402. The van der Waals surface area contributed by atoms with Crippen LogP contribution in [0.4, 0.5) is 10.6 Å². The molecule has 1 aromatic heterocycles. The summed E-state index contributed by atoms with van der Waals surface area (Å²) in [4.78, 5) is 51.7. The van der Waals surface area contributed by atoms with Crippen molar-refractivity contribution in [2.75, 3.05) is 17.7 Å². The van der Waals surface area contributed by atoms with E-state index in [0.717, 1.165) is 36.1 Å². The summed E-state index contributed by atoms with van der Waals surface area (Å²) in [5.74, 6) is -0.0755. The van der Waals surface area contributed by atoms with Crippen LogP contribution in [0.5, 0.6) is 0 Å². The molecule has 9 heteroatoms. The summed E-state index contributed by atoms with van der Waals surface area (Å²) in [6.07, 6.45) is 7.33. The van der Waals surface area contributed by atoms with Gasteiger partial charge in [-0.25, -0.2) is 19.7 Å². The molecule has 0 unspecified atom stereocenters. The van der Waals surface area contributed by atoms with Gasteiger partial charge in [0.1, 0.15) is 16.8 Å². The highest BCUT2D eigenvalue weighted by molar-refractivity contribution is 7.98. The highest BCUT2D eigenvalue weighted by atomic mass is 32.2. The van der Waals surface area contributed by atoms with Crippen molar-refractivity contribution in [3.05, 3.63) is 11.8 Å². The summed E-state index contributed by atoms with van der Waals surface area (Å²) < 4.78 is 5.40. The summed E-state index contributed by atoms with van der Waals surface area (Å²) in [7, 11) is 0. The van der Waals surface area contributed by atoms with Crippen LogP contribution in [0.25, 0.3) is 0 Å². The molecular formula is C21H28N4O4S. The van der Waals surface area contributed by atoms with Crippen LogP contribution >= 0.6 is 11.8 Å². The van der Waals surface area contributed by atoms with Crippen LogP contribution in [-0.2, 0) is 20.7 Å². The van der Waals surface area contributed by atoms with Crippen molar-refractivity contribution in [1.29, 1.82) is 0 Å². The largest absolute Gasteiger partial charge is 0.443 e. The molecule has 1 atom stereocenters. The Morgan fingerprint density at radius 3 is 2.57 bits per heavy atom. The maximum atomic E-state index is 13.8. The lowest BCUT2D eigenvalue weighted by Crippen LogP contribution is -2.56. The van der Waals surface area contributed by atoms with Crippen LogP contribution in [-0.4, -0.2) is 57.2 Å². The Hall–Kier alpha value is -2.16. The average Bonchev–Trinajstić information content (AvgIpc) is 3.31. The molecule has 0 aromatic carbocycles. The number of hydrogen-bond acceptors (Lipinski definition) is 7. The van der Waals surface area contributed by atoms with Crippen LogP contribution in [0.1, 0.15) is 58.4 Å². The molecular weight excluding hydrogens is 404 g/mol. The first-order valence-electron chi connectivity index (χ1n) is 10.4. The number of thioether (sulfide) groups is 1. The molecule has 1 spiro atoms.